The normalized spacial score (nSPS) is 12.6. The van der Waals surface area contributed by atoms with E-state index in [2.05, 4.69) is 9.71 Å². The Hall–Kier alpha value is -0.940. The summed E-state index contributed by atoms with van der Waals surface area (Å²) in [5, 5.41) is 4.72. The summed E-state index contributed by atoms with van der Waals surface area (Å²) in [7, 11) is -7.63. The Labute approximate surface area is 109 Å². The zero-order chi connectivity index (χ0) is 14.0. The molecule has 0 fully saturated rings. The predicted molar refractivity (Wildman–Crippen MR) is 66.8 cm³/mol. The monoisotopic (exact) mass is 314 g/mol. The van der Waals surface area contributed by atoms with Crippen LogP contribution in [0.15, 0.2) is 17.2 Å². The van der Waals surface area contributed by atoms with Crippen molar-refractivity contribution in [2.75, 3.05) is 18.0 Å². The second kappa shape index (κ2) is 5.36. The fourth-order valence-corrected chi connectivity index (χ4v) is 2.73. The van der Waals surface area contributed by atoms with E-state index in [0.29, 0.717) is 0 Å². The number of anilines is 1. The van der Waals surface area contributed by atoms with Crippen molar-refractivity contribution in [2.24, 2.45) is 5.14 Å². The van der Waals surface area contributed by atoms with Crippen LogP contribution in [0.25, 0.3) is 0 Å². The number of nitrogens with zero attached hydrogens (tertiary/aromatic N) is 1. The van der Waals surface area contributed by atoms with E-state index in [9.17, 15) is 16.8 Å². The molecule has 0 radical (unpaired) electrons. The standard InChI is InChI=1S/C7H11ClN4O4S2/c8-6-3-5(4-11-7(6)9)18(15,16)12-1-2-17(10,13)14/h3-4,12H,1-2H2,(H2,9,11)(H2,10,13,14). The van der Waals surface area contributed by atoms with Gasteiger partial charge in [0.2, 0.25) is 20.0 Å². The molecule has 0 aliphatic rings. The number of sulfonamides is 2. The average Bonchev–Trinajstić information content (AvgIpc) is 2.19. The molecular formula is C7H11ClN4O4S2. The summed E-state index contributed by atoms with van der Waals surface area (Å²) < 4.78 is 46.7. The third kappa shape index (κ3) is 4.38. The fraction of sp³-hybridized carbons (Fsp3) is 0.286. The Morgan fingerprint density at radius 2 is 1.94 bits per heavy atom. The minimum absolute atomic E-state index is 0.000141. The van der Waals surface area contributed by atoms with Crippen LogP contribution in [0.2, 0.25) is 5.02 Å². The van der Waals surface area contributed by atoms with E-state index >= 15 is 0 Å². The molecule has 0 saturated heterocycles. The van der Waals surface area contributed by atoms with Gasteiger partial charge in [0.15, 0.2) is 0 Å². The van der Waals surface area contributed by atoms with E-state index in [1.54, 1.807) is 0 Å². The van der Waals surface area contributed by atoms with Gasteiger partial charge in [0.25, 0.3) is 0 Å². The maximum atomic E-state index is 11.7. The first-order valence-corrected chi connectivity index (χ1v) is 8.10. The number of nitrogens with two attached hydrogens (primary N) is 2. The number of hydrogen-bond acceptors (Lipinski definition) is 6. The molecular weight excluding hydrogens is 304 g/mol. The Kier molecular flexibility index (Phi) is 4.50. The van der Waals surface area contributed by atoms with Gasteiger partial charge in [-0.2, -0.15) is 0 Å². The topological polar surface area (TPSA) is 145 Å². The molecule has 1 aromatic heterocycles. The molecule has 0 atom stereocenters. The van der Waals surface area contributed by atoms with E-state index in [-0.39, 0.29) is 22.3 Å². The highest BCUT2D eigenvalue weighted by Gasteiger charge is 2.16. The van der Waals surface area contributed by atoms with Gasteiger partial charge in [0.05, 0.1) is 10.8 Å². The van der Waals surface area contributed by atoms with Crippen molar-refractivity contribution in [2.45, 2.75) is 4.90 Å². The molecule has 1 heterocycles. The molecule has 0 aliphatic heterocycles. The smallest absolute Gasteiger partial charge is 0.242 e. The highest BCUT2D eigenvalue weighted by Crippen LogP contribution is 2.19. The van der Waals surface area contributed by atoms with Gasteiger partial charge in [-0.1, -0.05) is 11.6 Å². The molecule has 18 heavy (non-hydrogen) atoms. The quantitative estimate of drug-likeness (QED) is 0.628. The minimum Gasteiger partial charge on any atom is -0.382 e. The SMILES string of the molecule is Nc1ncc(S(=O)(=O)NCCS(N)(=O)=O)cc1Cl. The minimum atomic E-state index is -3.89. The van der Waals surface area contributed by atoms with Crippen LogP contribution in [0, 0.1) is 0 Å². The van der Waals surface area contributed by atoms with Crippen LogP contribution in [0.4, 0.5) is 5.82 Å². The van der Waals surface area contributed by atoms with E-state index in [1.165, 1.54) is 0 Å². The molecule has 0 spiro atoms. The maximum absolute atomic E-state index is 11.7. The molecule has 5 N–H and O–H groups in total. The van der Waals surface area contributed by atoms with Crippen LogP contribution in [-0.4, -0.2) is 34.1 Å². The first-order chi connectivity index (χ1) is 8.12. The number of rotatable bonds is 5. The lowest BCUT2D eigenvalue weighted by Gasteiger charge is -2.06. The highest BCUT2D eigenvalue weighted by atomic mass is 35.5. The van der Waals surface area contributed by atoms with Gasteiger partial charge in [-0.05, 0) is 6.07 Å². The third-order valence-corrected chi connectivity index (χ3v) is 4.34. The van der Waals surface area contributed by atoms with Crippen LogP contribution in [0.1, 0.15) is 0 Å². The van der Waals surface area contributed by atoms with Crippen molar-refractivity contribution < 1.29 is 16.8 Å². The van der Waals surface area contributed by atoms with Gasteiger partial charge < -0.3 is 5.73 Å². The molecule has 0 saturated carbocycles. The number of primary sulfonamides is 1. The molecule has 11 heteroatoms. The summed E-state index contributed by atoms with van der Waals surface area (Å²) >= 11 is 5.63. The molecule has 102 valence electrons. The van der Waals surface area contributed by atoms with Gasteiger partial charge in [-0.3, -0.25) is 0 Å². The number of nitrogen functional groups attached to an aromatic ring is 1. The van der Waals surface area contributed by atoms with E-state index in [0.717, 1.165) is 12.3 Å². The Morgan fingerprint density at radius 1 is 1.33 bits per heavy atom. The number of hydrogen-bond donors (Lipinski definition) is 3. The first-order valence-electron chi connectivity index (χ1n) is 4.53. The number of pyridine rings is 1. The lowest BCUT2D eigenvalue weighted by atomic mass is 10.5. The largest absolute Gasteiger partial charge is 0.382 e. The summed E-state index contributed by atoms with van der Waals surface area (Å²) in [6, 6.07) is 1.11. The lowest BCUT2D eigenvalue weighted by molar-refractivity contribution is 0.581. The van der Waals surface area contributed by atoms with Crippen molar-refractivity contribution in [3.05, 3.63) is 17.3 Å². The van der Waals surface area contributed by atoms with Gasteiger partial charge in [-0.15, -0.1) is 0 Å². The highest BCUT2D eigenvalue weighted by molar-refractivity contribution is 7.90. The Balaban J connectivity index is 2.84. The van der Waals surface area contributed by atoms with Crippen LogP contribution >= 0.6 is 11.6 Å². The summed E-state index contributed by atoms with van der Waals surface area (Å²) in [6.45, 7) is -0.344. The lowest BCUT2D eigenvalue weighted by Crippen LogP contribution is -2.31. The summed E-state index contributed by atoms with van der Waals surface area (Å²) in [6.07, 6.45) is 1.01. The van der Waals surface area contributed by atoms with Crippen molar-refractivity contribution in [1.29, 1.82) is 0 Å². The average molecular weight is 315 g/mol. The van der Waals surface area contributed by atoms with Gasteiger partial charge in [0.1, 0.15) is 10.7 Å². The van der Waals surface area contributed by atoms with E-state index < -0.39 is 25.8 Å². The molecule has 0 aliphatic carbocycles. The van der Waals surface area contributed by atoms with Crippen LogP contribution < -0.4 is 15.6 Å². The van der Waals surface area contributed by atoms with Gasteiger partial charge >= 0.3 is 0 Å². The van der Waals surface area contributed by atoms with Gasteiger partial charge in [0, 0.05) is 12.7 Å². The molecule has 0 aromatic carbocycles. The molecule has 1 rings (SSSR count). The number of nitrogens with one attached hydrogen (secondary N) is 1. The van der Waals surface area contributed by atoms with Crippen LogP contribution in [0.5, 0.6) is 0 Å². The van der Waals surface area contributed by atoms with Crippen molar-refractivity contribution in [3.8, 4) is 0 Å². The zero-order valence-corrected chi connectivity index (χ0v) is 11.4. The van der Waals surface area contributed by atoms with Crippen molar-refractivity contribution >= 4 is 37.5 Å². The zero-order valence-electron chi connectivity index (χ0n) is 9.00. The molecule has 0 unspecified atom stereocenters. The number of halogens is 1. The molecule has 0 bridgehead atoms. The summed E-state index contributed by atoms with van der Waals surface area (Å²) in [5.41, 5.74) is 5.34. The van der Waals surface area contributed by atoms with E-state index in [4.69, 9.17) is 22.5 Å². The Bertz CT molecular complexity index is 643. The van der Waals surface area contributed by atoms with Gasteiger partial charge in [-0.25, -0.2) is 31.7 Å². The molecule has 0 amide bonds. The van der Waals surface area contributed by atoms with Crippen LogP contribution in [-0.2, 0) is 20.0 Å². The molecule has 8 nitrogen and oxygen atoms in total. The fourth-order valence-electron chi connectivity index (χ4n) is 0.980. The van der Waals surface area contributed by atoms with Crippen LogP contribution in [0.3, 0.4) is 0 Å². The molecule has 1 aromatic rings. The first kappa shape index (κ1) is 15.1. The Morgan fingerprint density at radius 3 is 2.44 bits per heavy atom. The second-order valence-electron chi connectivity index (χ2n) is 3.30. The predicted octanol–water partition coefficient (Wildman–Crippen LogP) is -1.12. The maximum Gasteiger partial charge on any atom is 0.242 e. The van der Waals surface area contributed by atoms with Crippen molar-refractivity contribution in [1.82, 2.24) is 9.71 Å². The third-order valence-electron chi connectivity index (χ3n) is 1.83. The number of aromatic nitrogens is 1. The summed E-state index contributed by atoms with van der Waals surface area (Å²) in [4.78, 5) is 3.37. The van der Waals surface area contributed by atoms with Crippen molar-refractivity contribution in [3.63, 3.8) is 0 Å². The van der Waals surface area contributed by atoms with E-state index in [1.807, 2.05) is 0 Å². The summed E-state index contributed by atoms with van der Waals surface area (Å²) in [5.74, 6) is -0.511. The second-order valence-corrected chi connectivity index (χ2v) is 7.21.